The lowest BCUT2D eigenvalue weighted by atomic mass is 9.89. The molecule has 4 nitrogen and oxygen atoms in total. The predicted octanol–water partition coefficient (Wildman–Crippen LogP) is 5.93. The molecule has 1 heterocycles. The summed E-state index contributed by atoms with van der Waals surface area (Å²) in [6.07, 6.45) is 2.66. The van der Waals surface area contributed by atoms with E-state index in [2.05, 4.69) is 16.5 Å². The lowest BCUT2D eigenvalue weighted by molar-refractivity contribution is -0.148. The smallest absolute Gasteiger partial charge is 0.314 e. The fourth-order valence-electron chi connectivity index (χ4n) is 3.22. The maximum Gasteiger partial charge on any atom is 0.314 e. The highest BCUT2D eigenvalue weighted by Crippen LogP contribution is 2.29. The van der Waals surface area contributed by atoms with E-state index < -0.39 is 52.9 Å². The van der Waals surface area contributed by atoms with Gasteiger partial charge in [0.25, 0.3) is 0 Å². The third kappa shape index (κ3) is 5.53. The van der Waals surface area contributed by atoms with Crippen molar-refractivity contribution in [1.82, 2.24) is 9.97 Å². The molecule has 0 saturated carbocycles. The molecule has 0 aliphatic heterocycles. The first-order valence-corrected chi connectivity index (χ1v) is 10.2. The molecule has 0 aliphatic rings. The molecule has 32 heavy (non-hydrogen) atoms. The number of ether oxygens (including phenoxy) is 1. The monoisotopic (exact) mass is 452 g/mol. The van der Waals surface area contributed by atoms with E-state index >= 15 is 0 Å². The van der Waals surface area contributed by atoms with Crippen molar-refractivity contribution in [3.63, 3.8) is 0 Å². The average molecular weight is 452 g/mol. The van der Waals surface area contributed by atoms with E-state index in [4.69, 9.17) is 4.74 Å². The highest BCUT2D eigenvalue weighted by Gasteiger charge is 2.30. The zero-order valence-electron chi connectivity index (χ0n) is 19.2. The third-order valence-electron chi connectivity index (χ3n) is 4.90. The van der Waals surface area contributed by atoms with Crippen molar-refractivity contribution in [2.75, 3.05) is 0 Å². The molecule has 0 amide bonds. The van der Waals surface area contributed by atoms with Crippen LogP contribution in [0.5, 0.6) is 0 Å². The van der Waals surface area contributed by atoms with Crippen LogP contribution in [-0.4, -0.2) is 15.9 Å². The number of carbonyl (C=O) groups is 1. The number of benzene rings is 1. The zero-order chi connectivity index (χ0) is 24.4. The van der Waals surface area contributed by atoms with E-state index in [9.17, 15) is 22.4 Å². The van der Waals surface area contributed by atoms with E-state index in [-0.39, 0.29) is 17.8 Å². The van der Waals surface area contributed by atoms with Crippen LogP contribution in [0.1, 0.15) is 70.0 Å². The van der Waals surface area contributed by atoms with Crippen LogP contribution in [-0.2, 0) is 28.0 Å². The molecule has 1 aromatic heterocycles. The van der Waals surface area contributed by atoms with Gasteiger partial charge in [-0.3, -0.25) is 4.79 Å². The van der Waals surface area contributed by atoms with Crippen LogP contribution in [0.2, 0.25) is 0 Å². The molecule has 0 bridgehead atoms. The Kier molecular flexibility index (Phi) is 7.80. The highest BCUT2D eigenvalue weighted by atomic mass is 19.2. The lowest BCUT2D eigenvalue weighted by Crippen LogP contribution is -2.23. The standard InChI is InChI=1S/C24H28F4N2O2/c1-12(2)8-15-18(25)20(27)16(21(28)19(15)26)11-32-22(31)17(13(3)4)14-9-29-23(30-10-14)24(5,6)7/h9-10,13,17H,1,8,11H2,2-7H3. The van der Waals surface area contributed by atoms with Crippen LogP contribution in [0.25, 0.3) is 0 Å². The van der Waals surface area contributed by atoms with Crippen molar-refractivity contribution in [2.45, 2.75) is 65.9 Å². The molecular formula is C24H28F4N2O2. The summed E-state index contributed by atoms with van der Waals surface area (Å²) >= 11 is 0. The average Bonchev–Trinajstić information content (AvgIpc) is 2.69. The number of rotatable bonds is 7. The molecule has 0 spiro atoms. The van der Waals surface area contributed by atoms with Gasteiger partial charge in [-0.15, -0.1) is 0 Å². The van der Waals surface area contributed by atoms with Gasteiger partial charge in [0.2, 0.25) is 0 Å². The van der Waals surface area contributed by atoms with Crippen molar-refractivity contribution < 1.29 is 27.1 Å². The Morgan fingerprint density at radius 2 is 1.47 bits per heavy atom. The largest absolute Gasteiger partial charge is 0.460 e. The van der Waals surface area contributed by atoms with Crippen LogP contribution < -0.4 is 0 Å². The second-order valence-corrected chi connectivity index (χ2v) is 9.27. The molecule has 0 saturated heterocycles. The van der Waals surface area contributed by atoms with Crippen molar-refractivity contribution >= 4 is 5.97 Å². The number of hydrogen-bond donors (Lipinski definition) is 0. The molecule has 0 N–H and O–H groups in total. The van der Waals surface area contributed by atoms with E-state index in [1.165, 1.54) is 19.3 Å². The van der Waals surface area contributed by atoms with Crippen molar-refractivity contribution in [3.05, 3.63) is 70.3 Å². The van der Waals surface area contributed by atoms with Crippen molar-refractivity contribution in [3.8, 4) is 0 Å². The molecule has 0 radical (unpaired) electrons. The Bertz CT molecular complexity index is 983. The number of allylic oxidation sites excluding steroid dienone is 1. The van der Waals surface area contributed by atoms with Gasteiger partial charge in [0.1, 0.15) is 12.4 Å². The molecule has 0 aliphatic carbocycles. The summed E-state index contributed by atoms with van der Waals surface area (Å²) in [6.45, 7) is 13.4. The van der Waals surface area contributed by atoms with Crippen LogP contribution in [0.15, 0.2) is 24.5 Å². The Hall–Kier alpha value is -2.77. The van der Waals surface area contributed by atoms with Gasteiger partial charge in [-0.25, -0.2) is 27.5 Å². The maximum absolute atomic E-state index is 14.4. The van der Waals surface area contributed by atoms with Gasteiger partial charge in [0.15, 0.2) is 23.3 Å². The number of hydrogen-bond acceptors (Lipinski definition) is 4. The number of carbonyl (C=O) groups excluding carboxylic acids is 1. The fourth-order valence-corrected chi connectivity index (χ4v) is 3.22. The van der Waals surface area contributed by atoms with Gasteiger partial charge in [-0.1, -0.05) is 46.8 Å². The van der Waals surface area contributed by atoms with Crippen LogP contribution in [0.4, 0.5) is 17.6 Å². The predicted molar refractivity (Wildman–Crippen MR) is 113 cm³/mol. The second-order valence-electron chi connectivity index (χ2n) is 9.27. The molecule has 2 rings (SSSR count). The van der Waals surface area contributed by atoms with Crippen LogP contribution in [0, 0.1) is 29.2 Å². The van der Waals surface area contributed by atoms with Gasteiger partial charge >= 0.3 is 5.97 Å². The summed E-state index contributed by atoms with van der Waals surface area (Å²) in [5, 5.41) is 0. The number of nitrogens with zero attached hydrogens (tertiary/aromatic N) is 2. The minimum Gasteiger partial charge on any atom is -0.460 e. The van der Waals surface area contributed by atoms with Crippen LogP contribution in [0.3, 0.4) is 0 Å². The summed E-state index contributed by atoms with van der Waals surface area (Å²) in [6, 6.07) is 0. The van der Waals surface area contributed by atoms with Crippen molar-refractivity contribution in [1.29, 1.82) is 0 Å². The van der Waals surface area contributed by atoms with E-state index in [1.807, 2.05) is 20.8 Å². The summed E-state index contributed by atoms with van der Waals surface area (Å²) < 4.78 is 62.5. The first-order valence-electron chi connectivity index (χ1n) is 10.2. The van der Waals surface area contributed by atoms with E-state index in [0.717, 1.165) is 0 Å². The number of esters is 1. The summed E-state index contributed by atoms with van der Waals surface area (Å²) in [5.41, 5.74) is -1.22. The first kappa shape index (κ1) is 25.5. The summed E-state index contributed by atoms with van der Waals surface area (Å²) in [4.78, 5) is 21.3. The molecule has 1 atom stereocenters. The van der Waals surface area contributed by atoms with Gasteiger partial charge < -0.3 is 4.74 Å². The van der Waals surface area contributed by atoms with Gasteiger partial charge in [0, 0.05) is 28.9 Å². The number of aromatic nitrogens is 2. The van der Waals surface area contributed by atoms with E-state index in [1.54, 1.807) is 13.8 Å². The van der Waals surface area contributed by atoms with Crippen LogP contribution >= 0.6 is 0 Å². The molecule has 1 unspecified atom stereocenters. The molecule has 0 fully saturated rings. The van der Waals surface area contributed by atoms with Gasteiger partial charge in [-0.2, -0.15) is 0 Å². The Morgan fingerprint density at radius 1 is 1.00 bits per heavy atom. The Morgan fingerprint density at radius 3 is 1.88 bits per heavy atom. The molecule has 174 valence electrons. The molecule has 8 heteroatoms. The number of halogens is 4. The second kappa shape index (κ2) is 9.79. The fraction of sp³-hybridized carbons (Fsp3) is 0.458. The summed E-state index contributed by atoms with van der Waals surface area (Å²) in [7, 11) is 0. The van der Waals surface area contributed by atoms with E-state index in [0.29, 0.717) is 17.0 Å². The Labute approximate surface area is 185 Å². The molecule has 1 aromatic carbocycles. The zero-order valence-corrected chi connectivity index (χ0v) is 19.2. The Balaban J connectivity index is 2.29. The quantitative estimate of drug-likeness (QED) is 0.226. The first-order chi connectivity index (χ1) is 14.8. The highest BCUT2D eigenvalue weighted by molar-refractivity contribution is 5.78. The minimum atomic E-state index is -1.59. The SMILES string of the molecule is C=C(C)Cc1c(F)c(F)c(COC(=O)C(c2cnc(C(C)(C)C)nc2)C(C)C)c(F)c1F. The third-order valence-corrected chi connectivity index (χ3v) is 4.90. The topological polar surface area (TPSA) is 52.1 Å². The molecular weight excluding hydrogens is 424 g/mol. The lowest BCUT2D eigenvalue weighted by Gasteiger charge is -2.21. The minimum absolute atomic E-state index is 0.257. The molecule has 2 aromatic rings. The van der Waals surface area contributed by atoms with Gasteiger partial charge in [0.05, 0.1) is 11.5 Å². The van der Waals surface area contributed by atoms with Crippen molar-refractivity contribution in [2.24, 2.45) is 5.92 Å². The summed E-state index contributed by atoms with van der Waals surface area (Å²) in [5.74, 6) is -7.53. The normalized spacial score (nSPS) is 12.7. The van der Waals surface area contributed by atoms with Gasteiger partial charge in [-0.05, 0) is 19.3 Å². The maximum atomic E-state index is 14.4.